The molecule has 0 aliphatic heterocycles. The van der Waals surface area contributed by atoms with Crippen LogP contribution in [0, 0.1) is 5.82 Å². The van der Waals surface area contributed by atoms with Crippen molar-refractivity contribution in [2.45, 2.75) is 25.3 Å². The van der Waals surface area contributed by atoms with E-state index in [0.717, 1.165) is 12.8 Å². The van der Waals surface area contributed by atoms with Crippen molar-refractivity contribution in [1.29, 1.82) is 0 Å². The summed E-state index contributed by atoms with van der Waals surface area (Å²) in [5.41, 5.74) is 6.37. The van der Waals surface area contributed by atoms with Crippen LogP contribution >= 0.6 is 0 Å². The maximum absolute atomic E-state index is 13.8. The highest BCUT2D eigenvalue weighted by molar-refractivity contribution is 5.26. The van der Waals surface area contributed by atoms with Crippen molar-refractivity contribution < 1.29 is 4.39 Å². The lowest BCUT2D eigenvalue weighted by atomic mass is 9.86. The molecule has 1 aromatic carbocycles. The van der Waals surface area contributed by atoms with Crippen molar-refractivity contribution in [1.82, 2.24) is 4.90 Å². The van der Waals surface area contributed by atoms with Gasteiger partial charge in [0.1, 0.15) is 5.82 Å². The van der Waals surface area contributed by atoms with Crippen molar-refractivity contribution in [3.8, 4) is 0 Å². The predicted octanol–water partition coefficient (Wildman–Crippen LogP) is 2.34. The minimum atomic E-state index is -0.594. The molecule has 1 aromatic rings. The van der Waals surface area contributed by atoms with E-state index in [2.05, 4.69) is 6.92 Å². The normalized spacial score (nSPS) is 15.1. The van der Waals surface area contributed by atoms with Crippen LogP contribution < -0.4 is 5.73 Å². The molecule has 0 saturated heterocycles. The van der Waals surface area contributed by atoms with Gasteiger partial charge in [0.25, 0.3) is 0 Å². The first kappa shape index (κ1) is 13.1. The number of hydrogen-bond acceptors (Lipinski definition) is 2. The van der Waals surface area contributed by atoms with Crippen LogP contribution in [0.5, 0.6) is 0 Å². The molecule has 0 bridgehead atoms. The number of halogens is 1. The van der Waals surface area contributed by atoms with Gasteiger partial charge in [0, 0.05) is 12.1 Å². The third-order valence-corrected chi connectivity index (χ3v) is 2.70. The van der Waals surface area contributed by atoms with E-state index in [1.807, 2.05) is 25.1 Å². The zero-order valence-corrected chi connectivity index (χ0v) is 10.3. The second-order valence-electron chi connectivity index (χ2n) is 4.62. The SMILES string of the molecule is CCCC(N)(CN(C)C)c1ccccc1F. The third kappa shape index (κ3) is 3.03. The van der Waals surface area contributed by atoms with Crippen LogP contribution in [-0.2, 0) is 5.54 Å². The lowest BCUT2D eigenvalue weighted by Crippen LogP contribution is -2.46. The summed E-state index contributed by atoms with van der Waals surface area (Å²) in [7, 11) is 3.91. The Balaban J connectivity index is 3.05. The molecule has 1 atom stereocenters. The molecule has 90 valence electrons. The van der Waals surface area contributed by atoms with E-state index in [0.29, 0.717) is 12.1 Å². The van der Waals surface area contributed by atoms with Crippen LogP contribution in [-0.4, -0.2) is 25.5 Å². The molecular weight excluding hydrogens is 203 g/mol. The maximum Gasteiger partial charge on any atom is 0.128 e. The number of benzene rings is 1. The summed E-state index contributed by atoms with van der Waals surface area (Å²) in [4.78, 5) is 2.00. The highest BCUT2D eigenvalue weighted by Gasteiger charge is 2.29. The lowest BCUT2D eigenvalue weighted by Gasteiger charge is -2.33. The zero-order chi connectivity index (χ0) is 12.2. The summed E-state index contributed by atoms with van der Waals surface area (Å²) in [6, 6.07) is 6.79. The van der Waals surface area contributed by atoms with Gasteiger partial charge >= 0.3 is 0 Å². The Labute approximate surface area is 97.3 Å². The van der Waals surface area contributed by atoms with Gasteiger partial charge in [-0.2, -0.15) is 0 Å². The first-order chi connectivity index (χ1) is 7.49. The molecule has 0 aromatic heterocycles. The molecule has 3 heteroatoms. The van der Waals surface area contributed by atoms with Gasteiger partial charge in [0.15, 0.2) is 0 Å². The predicted molar refractivity (Wildman–Crippen MR) is 65.7 cm³/mol. The maximum atomic E-state index is 13.8. The van der Waals surface area contributed by atoms with Gasteiger partial charge in [0.2, 0.25) is 0 Å². The van der Waals surface area contributed by atoms with Crippen molar-refractivity contribution in [2.75, 3.05) is 20.6 Å². The van der Waals surface area contributed by atoms with Gasteiger partial charge in [-0.1, -0.05) is 31.5 Å². The molecule has 0 aliphatic carbocycles. The molecule has 1 rings (SSSR count). The molecule has 1 unspecified atom stereocenters. The Morgan fingerprint density at radius 2 is 1.94 bits per heavy atom. The Morgan fingerprint density at radius 3 is 2.44 bits per heavy atom. The molecular formula is C13H21FN2. The summed E-state index contributed by atoms with van der Waals surface area (Å²) < 4.78 is 13.8. The Hall–Kier alpha value is -0.930. The summed E-state index contributed by atoms with van der Waals surface area (Å²) in [6.07, 6.45) is 1.73. The van der Waals surface area contributed by atoms with Gasteiger partial charge in [-0.05, 0) is 26.6 Å². The molecule has 0 aliphatic rings. The summed E-state index contributed by atoms with van der Waals surface area (Å²) in [6.45, 7) is 2.72. The zero-order valence-electron chi connectivity index (χ0n) is 10.3. The van der Waals surface area contributed by atoms with E-state index in [9.17, 15) is 4.39 Å². The van der Waals surface area contributed by atoms with Crippen LogP contribution in [0.4, 0.5) is 4.39 Å². The summed E-state index contributed by atoms with van der Waals surface area (Å²) in [5.74, 6) is -0.208. The largest absolute Gasteiger partial charge is 0.320 e. The minimum absolute atomic E-state index is 0.208. The van der Waals surface area contributed by atoms with E-state index in [1.165, 1.54) is 6.07 Å². The van der Waals surface area contributed by atoms with Crippen LogP contribution in [0.25, 0.3) is 0 Å². The van der Waals surface area contributed by atoms with Crippen molar-refractivity contribution in [2.24, 2.45) is 5.73 Å². The van der Waals surface area contributed by atoms with E-state index < -0.39 is 5.54 Å². The van der Waals surface area contributed by atoms with Crippen LogP contribution in [0.3, 0.4) is 0 Å². The van der Waals surface area contributed by atoms with Gasteiger partial charge in [-0.15, -0.1) is 0 Å². The van der Waals surface area contributed by atoms with Crippen molar-refractivity contribution in [3.05, 3.63) is 35.6 Å². The van der Waals surface area contributed by atoms with E-state index in [-0.39, 0.29) is 5.82 Å². The average molecular weight is 224 g/mol. The molecule has 0 saturated carbocycles. The highest BCUT2D eigenvalue weighted by Crippen LogP contribution is 2.26. The minimum Gasteiger partial charge on any atom is -0.320 e. The molecule has 2 nitrogen and oxygen atoms in total. The fourth-order valence-electron chi connectivity index (χ4n) is 2.17. The second-order valence-corrected chi connectivity index (χ2v) is 4.62. The van der Waals surface area contributed by atoms with E-state index in [4.69, 9.17) is 5.73 Å². The lowest BCUT2D eigenvalue weighted by molar-refractivity contribution is 0.263. The molecule has 16 heavy (non-hydrogen) atoms. The number of rotatable bonds is 5. The van der Waals surface area contributed by atoms with Gasteiger partial charge in [0.05, 0.1) is 5.54 Å². The third-order valence-electron chi connectivity index (χ3n) is 2.70. The second kappa shape index (κ2) is 5.41. The van der Waals surface area contributed by atoms with Crippen LogP contribution in [0.15, 0.2) is 24.3 Å². The number of hydrogen-bond donors (Lipinski definition) is 1. The van der Waals surface area contributed by atoms with Crippen molar-refractivity contribution >= 4 is 0 Å². The number of nitrogens with two attached hydrogens (primary N) is 1. The smallest absolute Gasteiger partial charge is 0.128 e. The summed E-state index contributed by atoms with van der Waals surface area (Å²) >= 11 is 0. The van der Waals surface area contributed by atoms with Gasteiger partial charge < -0.3 is 10.6 Å². The Bertz CT molecular complexity index is 338. The summed E-state index contributed by atoms with van der Waals surface area (Å²) in [5, 5.41) is 0. The molecule has 0 fully saturated rings. The van der Waals surface area contributed by atoms with Crippen LogP contribution in [0.2, 0.25) is 0 Å². The molecule has 0 amide bonds. The fourth-order valence-corrected chi connectivity index (χ4v) is 2.17. The number of likely N-dealkylation sites (N-methyl/N-ethyl adjacent to an activating group) is 1. The molecule has 0 spiro atoms. The average Bonchev–Trinajstić information content (AvgIpc) is 2.17. The van der Waals surface area contributed by atoms with E-state index in [1.54, 1.807) is 12.1 Å². The highest BCUT2D eigenvalue weighted by atomic mass is 19.1. The van der Waals surface area contributed by atoms with Gasteiger partial charge in [-0.25, -0.2) is 4.39 Å². The van der Waals surface area contributed by atoms with E-state index >= 15 is 0 Å². The first-order valence-corrected chi connectivity index (χ1v) is 5.68. The molecule has 0 heterocycles. The quantitative estimate of drug-likeness (QED) is 0.831. The Morgan fingerprint density at radius 1 is 1.31 bits per heavy atom. The monoisotopic (exact) mass is 224 g/mol. The fraction of sp³-hybridized carbons (Fsp3) is 0.538. The Kier molecular flexibility index (Phi) is 4.44. The standard InChI is InChI=1S/C13H21FN2/c1-4-9-13(15,10-16(2)3)11-7-5-6-8-12(11)14/h5-8H,4,9-10,15H2,1-3H3. The van der Waals surface area contributed by atoms with Crippen LogP contribution in [0.1, 0.15) is 25.3 Å². The molecule has 2 N–H and O–H groups in total. The topological polar surface area (TPSA) is 29.3 Å². The van der Waals surface area contributed by atoms with Crippen molar-refractivity contribution in [3.63, 3.8) is 0 Å². The van der Waals surface area contributed by atoms with Gasteiger partial charge in [-0.3, -0.25) is 0 Å². The molecule has 0 radical (unpaired) electrons. The first-order valence-electron chi connectivity index (χ1n) is 5.68. The number of nitrogens with zero attached hydrogens (tertiary/aromatic N) is 1.